The van der Waals surface area contributed by atoms with Crippen LogP contribution in [-0.4, -0.2) is 45.3 Å². The molecule has 0 saturated carbocycles. The van der Waals surface area contributed by atoms with Crippen LogP contribution in [0.15, 0.2) is 23.1 Å². The number of hydrogen-bond donors (Lipinski definition) is 2. The molecule has 0 fully saturated rings. The molecule has 184 valence electrons. The maximum atomic E-state index is 13.1. The van der Waals surface area contributed by atoms with Gasteiger partial charge in [-0.3, -0.25) is 9.59 Å². The summed E-state index contributed by atoms with van der Waals surface area (Å²) in [6, 6.07) is 0. The average Bonchev–Trinajstić information content (AvgIpc) is 3.16. The first-order valence-corrected chi connectivity index (χ1v) is 12.7. The Kier molecular flexibility index (Phi) is 10.0. The van der Waals surface area contributed by atoms with Gasteiger partial charge in [-0.2, -0.15) is 0 Å². The van der Waals surface area contributed by atoms with E-state index >= 15 is 0 Å². The van der Waals surface area contributed by atoms with Crippen molar-refractivity contribution in [3.8, 4) is 0 Å². The predicted octanol–water partition coefficient (Wildman–Crippen LogP) is 4.88. The number of Topliss-reactive ketones (excluding diaryl/α,β-unsaturated/α-hetero) is 1. The molecule has 7 heteroatoms. The lowest BCUT2D eigenvalue weighted by Gasteiger charge is -2.34. The fourth-order valence-corrected chi connectivity index (χ4v) is 4.75. The van der Waals surface area contributed by atoms with Crippen LogP contribution in [-0.2, 0) is 14.3 Å². The summed E-state index contributed by atoms with van der Waals surface area (Å²) in [4.78, 5) is 30.3. The number of aliphatic hydroxyl groups excluding tert-OH is 2. The summed E-state index contributed by atoms with van der Waals surface area (Å²) >= 11 is 1.56. The molecule has 0 bridgehead atoms. The number of hydrogen-bond acceptors (Lipinski definition) is 7. The Bertz CT molecular complexity index is 872. The van der Waals surface area contributed by atoms with Gasteiger partial charge in [0.15, 0.2) is 0 Å². The van der Waals surface area contributed by atoms with Crippen molar-refractivity contribution in [2.45, 2.75) is 92.0 Å². The molecule has 1 aliphatic rings. The average molecular weight is 478 g/mol. The lowest BCUT2D eigenvalue weighted by molar-refractivity contribution is -0.154. The first-order valence-electron chi connectivity index (χ1n) is 11.8. The number of rotatable bonds is 2. The minimum atomic E-state index is -1.21. The molecule has 6 nitrogen and oxygen atoms in total. The number of carbonyl (C=O) groups excluding carboxylic acids is 2. The number of carbonyl (C=O) groups is 2. The van der Waals surface area contributed by atoms with Crippen molar-refractivity contribution in [3.63, 3.8) is 0 Å². The number of aliphatic hydroxyl groups is 2. The zero-order valence-corrected chi connectivity index (χ0v) is 21.5. The molecule has 2 rings (SSSR count). The second-order valence-corrected chi connectivity index (χ2v) is 10.9. The van der Waals surface area contributed by atoms with Crippen LogP contribution in [0.3, 0.4) is 0 Å². The molecule has 2 N–H and O–H groups in total. The maximum Gasteiger partial charge on any atom is 0.309 e. The van der Waals surface area contributed by atoms with Gasteiger partial charge in [-0.25, -0.2) is 4.98 Å². The van der Waals surface area contributed by atoms with E-state index in [4.69, 9.17) is 4.74 Å². The zero-order chi connectivity index (χ0) is 24.8. The van der Waals surface area contributed by atoms with Crippen LogP contribution in [0.2, 0.25) is 0 Å². The van der Waals surface area contributed by atoms with Crippen LogP contribution in [0.1, 0.15) is 77.4 Å². The second kappa shape index (κ2) is 12.0. The summed E-state index contributed by atoms with van der Waals surface area (Å²) in [6.45, 7) is 10.8. The van der Waals surface area contributed by atoms with Crippen molar-refractivity contribution < 1.29 is 24.5 Å². The van der Waals surface area contributed by atoms with E-state index < -0.39 is 35.6 Å². The third-order valence-electron chi connectivity index (χ3n) is 6.68. The maximum absolute atomic E-state index is 13.1. The topological polar surface area (TPSA) is 96.7 Å². The molecular weight excluding hydrogens is 438 g/mol. The van der Waals surface area contributed by atoms with Gasteiger partial charge in [0, 0.05) is 17.7 Å². The lowest BCUT2D eigenvalue weighted by atomic mass is 9.73. The van der Waals surface area contributed by atoms with Crippen molar-refractivity contribution in [2.24, 2.45) is 17.3 Å². The highest BCUT2D eigenvalue weighted by Crippen LogP contribution is 2.32. The first kappa shape index (κ1) is 27.4. The molecule has 2 heterocycles. The third kappa shape index (κ3) is 7.59. The van der Waals surface area contributed by atoms with Crippen LogP contribution in [0.5, 0.6) is 0 Å². The standard InChI is InChI=1S/C26H39NO5S/c1-16-11-9-7-8-10-12-21(17(2)13-20-15-33-19(4)27-20)32-23(29)14-22(28)26(5,6)25(31)18(3)24(16)30/h8,10,13,15-16,18,21-22,24,28,30H,7,9,11-12,14H2,1-6H3/t16?,18-,21+,22+,24+/m1/s1. The lowest BCUT2D eigenvalue weighted by Crippen LogP contribution is -2.45. The Balaban J connectivity index is 2.27. The smallest absolute Gasteiger partial charge is 0.309 e. The highest BCUT2D eigenvalue weighted by Gasteiger charge is 2.42. The van der Waals surface area contributed by atoms with Crippen LogP contribution < -0.4 is 0 Å². The Morgan fingerprint density at radius 2 is 1.94 bits per heavy atom. The normalized spacial score (nSPS) is 30.8. The molecular formula is C26H39NO5S. The van der Waals surface area contributed by atoms with E-state index in [2.05, 4.69) is 11.1 Å². The third-order valence-corrected chi connectivity index (χ3v) is 7.47. The van der Waals surface area contributed by atoms with E-state index in [1.165, 1.54) is 0 Å². The number of thiazole rings is 1. The van der Waals surface area contributed by atoms with Gasteiger partial charge in [0.2, 0.25) is 0 Å². The van der Waals surface area contributed by atoms with Gasteiger partial charge in [0.25, 0.3) is 0 Å². The molecule has 1 aromatic heterocycles. The quantitative estimate of drug-likeness (QED) is 0.466. The van der Waals surface area contributed by atoms with Gasteiger partial charge in [0.05, 0.1) is 34.7 Å². The summed E-state index contributed by atoms with van der Waals surface area (Å²) in [6.07, 6.45) is 6.28. The van der Waals surface area contributed by atoms with Crippen LogP contribution in [0.4, 0.5) is 0 Å². The van der Waals surface area contributed by atoms with E-state index in [-0.39, 0.29) is 18.1 Å². The van der Waals surface area contributed by atoms with Gasteiger partial charge < -0.3 is 14.9 Å². The monoisotopic (exact) mass is 477 g/mol. The highest BCUT2D eigenvalue weighted by atomic mass is 32.1. The molecule has 1 aliphatic heterocycles. The molecule has 0 amide bonds. The highest BCUT2D eigenvalue weighted by molar-refractivity contribution is 7.09. The molecule has 1 unspecified atom stereocenters. The van der Waals surface area contributed by atoms with Crippen molar-refractivity contribution in [3.05, 3.63) is 33.8 Å². The van der Waals surface area contributed by atoms with E-state index in [0.717, 1.165) is 35.5 Å². The minimum Gasteiger partial charge on any atom is -0.457 e. The van der Waals surface area contributed by atoms with Crippen molar-refractivity contribution in [1.29, 1.82) is 0 Å². The van der Waals surface area contributed by atoms with Crippen LogP contribution >= 0.6 is 11.3 Å². The molecule has 1 aromatic rings. The van der Waals surface area contributed by atoms with E-state index in [0.29, 0.717) is 6.42 Å². The van der Waals surface area contributed by atoms with Gasteiger partial charge in [-0.1, -0.05) is 39.8 Å². The number of aryl methyl sites for hydroxylation is 1. The number of allylic oxidation sites excluding steroid dienone is 1. The second-order valence-electron chi connectivity index (χ2n) is 9.86. The predicted molar refractivity (Wildman–Crippen MR) is 132 cm³/mol. The number of ketones is 1. The molecule has 0 spiro atoms. The van der Waals surface area contributed by atoms with E-state index in [9.17, 15) is 19.8 Å². The first-order chi connectivity index (χ1) is 15.4. The summed E-state index contributed by atoms with van der Waals surface area (Å²) in [5, 5.41) is 24.4. The van der Waals surface area contributed by atoms with Crippen molar-refractivity contribution in [2.75, 3.05) is 0 Å². The largest absolute Gasteiger partial charge is 0.457 e. The molecule has 33 heavy (non-hydrogen) atoms. The SMILES string of the molecule is CC(=Cc1csc(C)n1)[C@@H]1CC=CCCCC(C)[C@H](O)[C@@H](C)C(=O)C(C)(C)[C@@H](O)CC(=O)O1. The number of esters is 1. The van der Waals surface area contributed by atoms with Crippen molar-refractivity contribution in [1.82, 2.24) is 4.98 Å². The minimum absolute atomic E-state index is 0.0392. The summed E-state index contributed by atoms with van der Waals surface area (Å²) in [5.41, 5.74) is 0.513. The van der Waals surface area contributed by atoms with Gasteiger partial charge in [-0.15, -0.1) is 11.3 Å². The van der Waals surface area contributed by atoms with Gasteiger partial charge in [0.1, 0.15) is 11.9 Å². The molecule has 5 atom stereocenters. The Labute approximate surface area is 201 Å². The number of cyclic esters (lactones) is 1. The van der Waals surface area contributed by atoms with Gasteiger partial charge >= 0.3 is 5.97 Å². The number of aromatic nitrogens is 1. The van der Waals surface area contributed by atoms with E-state index in [1.807, 2.05) is 38.3 Å². The fourth-order valence-electron chi connectivity index (χ4n) is 4.18. The Hall–Kier alpha value is -1.83. The Morgan fingerprint density at radius 3 is 2.58 bits per heavy atom. The molecule has 0 aliphatic carbocycles. The molecule has 0 saturated heterocycles. The molecule has 0 radical (unpaired) electrons. The zero-order valence-electron chi connectivity index (χ0n) is 20.7. The van der Waals surface area contributed by atoms with Gasteiger partial charge in [-0.05, 0) is 50.7 Å². The number of ether oxygens (including phenoxy) is 1. The van der Waals surface area contributed by atoms with Crippen molar-refractivity contribution >= 4 is 29.2 Å². The summed E-state index contributed by atoms with van der Waals surface area (Å²) < 4.78 is 5.75. The van der Waals surface area contributed by atoms with Crippen LogP contribution in [0, 0.1) is 24.2 Å². The van der Waals surface area contributed by atoms with Crippen LogP contribution in [0.25, 0.3) is 6.08 Å². The van der Waals surface area contributed by atoms with E-state index in [1.54, 1.807) is 32.1 Å². The summed E-state index contributed by atoms with van der Waals surface area (Å²) in [7, 11) is 0. The number of nitrogens with zero attached hydrogens (tertiary/aromatic N) is 1. The fraction of sp³-hybridized carbons (Fsp3) is 0.654. The molecule has 0 aromatic carbocycles. The summed E-state index contributed by atoms with van der Waals surface area (Å²) in [5.74, 6) is -1.48. The Morgan fingerprint density at radius 1 is 1.24 bits per heavy atom.